The van der Waals surface area contributed by atoms with Gasteiger partial charge in [-0.15, -0.1) is 0 Å². The molecule has 1 saturated heterocycles. The van der Waals surface area contributed by atoms with E-state index in [0.717, 1.165) is 26.1 Å². The first-order valence-electron chi connectivity index (χ1n) is 8.79. The van der Waals surface area contributed by atoms with Gasteiger partial charge < -0.3 is 19.7 Å². The summed E-state index contributed by atoms with van der Waals surface area (Å²) in [5, 5.41) is 3.21. The van der Waals surface area contributed by atoms with Crippen LogP contribution in [0.5, 0.6) is 11.5 Å². The molecule has 0 spiro atoms. The number of amides is 1. The summed E-state index contributed by atoms with van der Waals surface area (Å²) >= 11 is 0. The normalized spacial score (nSPS) is 17.9. The molecule has 0 aromatic heterocycles. The second-order valence-corrected chi connectivity index (χ2v) is 6.89. The minimum atomic E-state index is 0.0736. The number of hydrogen-bond acceptors (Lipinski definition) is 4. The van der Waals surface area contributed by atoms with E-state index in [1.165, 1.54) is 6.42 Å². The molecular weight excluding hydrogens is 304 g/mol. The summed E-state index contributed by atoms with van der Waals surface area (Å²) in [7, 11) is 3.57. The Kier molecular flexibility index (Phi) is 6.91. The summed E-state index contributed by atoms with van der Waals surface area (Å²) in [6, 6.07) is 5.46. The van der Waals surface area contributed by atoms with Gasteiger partial charge in [0.2, 0.25) is 0 Å². The minimum Gasteiger partial charge on any atom is -0.493 e. The Labute approximate surface area is 145 Å². The molecule has 1 amide bonds. The van der Waals surface area contributed by atoms with E-state index in [4.69, 9.17) is 9.47 Å². The number of nitrogens with one attached hydrogen (secondary N) is 1. The highest BCUT2D eigenvalue weighted by atomic mass is 16.5. The van der Waals surface area contributed by atoms with Gasteiger partial charge in [-0.25, -0.2) is 0 Å². The van der Waals surface area contributed by atoms with Gasteiger partial charge in [0, 0.05) is 18.7 Å². The molecule has 1 unspecified atom stereocenters. The summed E-state index contributed by atoms with van der Waals surface area (Å²) < 4.78 is 11.2. The molecule has 5 heteroatoms. The maximum absolute atomic E-state index is 12.8. The molecule has 1 aliphatic heterocycles. The quantitative estimate of drug-likeness (QED) is 0.833. The van der Waals surface area contributed by atoms with E-state index >= 15 is 0 Å². The average molecular weight is 334 g/mol. The molecule has 2 rings (SSSR count). The summed E-state index contributed by atoms with van der Waals surface area (Å²) in [4.78, 5) is 14.8. The van der Waals surface area contributed by atoms with Crippen LogP contribution in [0.2, 0.25) is 0 Å². The second-order valence-electron chi connectivity index (χ2n) is 6.89. The fraction of sp³-hybridized carbons (Fsp3) is 0.632. The van der Waals surface area contributed by atoms with Gasteiger partial charge >= 0.3 is 0 Å². The van der Waals surface area contributed by atoms with Crippen LogP contribution in [0.4, 0.5) is 0 Å². The number of rotatable bonds is 7. The molecule has 0 aliphatic carbocycles. The summed E-state index contributed by atoms with van der Waals surface area (Å²) in [5.41, 5.74) is 0.661. The molecule has 5 nitrogen and oxygen atoms in total. The van der Waals surface area contributed by atoms with Gasteiger partial charge in [0.15, 0.2) is 11.5 Å². The highest BCUT2D eigenvalue weighted by Crippen LogP contribution is 2.29. The van der Waals surface area contributed by atoms with Crippen molar-refractivity contribution < 1.29 is 14.3 Å². The Morgan fingerprint density at radius 2 is 2.17 bits per heavy atom. The zero-order valence-corrected chi connectivity index (χ0v) is 15.3. The Morgan fingerprint density at radius 1 is 1.38 bits per heavy atom. The number of hydrogen-bond donors (Lipinski definition) is 1. The third kappa shape index (κ3) is 4.87. The maximum Gasteiger partial charge on any atom is 0.254 e. The molecule has 1 aromatic rings. The van der Waals surface area contributed by atoms with Crippen molar-refractivity contribution in [3.05, 3.63) is 23.8 Å². The van der Waals surface area contributed by atoms with Gasteiger partial charge in [-0.05, 0) is 56.5 Å². The van der Waals surface area contributed by atoms with E-state index in [1.807, 2.05) is 24.1 Å². The van der Waals surface area contributed by atoms with Crippen molar-refractivity contribution in [2.24, 2.45) is 11.8 Å². The molecule has 0 saturated carbocycles. The molecule has 1 N–H and O–H groups in total. The molecule has 0 radical (unpaired) electrons. The van der Waals surface area contributed by atoms with Crippen molar-refractivity contribution in [1.82, 2.24) is 10.2 Å². The van der Waals surface area contributed by atoms with E-state index < -0.39 is 0 Å². The summed E-state index contributed by atoms with van der Waals surface area (Å²) in [6.45, 7) is 7.42. The van der Waals surface area contributed by atoms with Crippen LogP contribution in [0.15, 0.2) is 18.2 Å². The van der Waals surface area contributed by atoms with E-state index in [9.17, 15) is 4.79 Å². The van der Waals surface area contributed by atoms with E-state index in [0.29, 0.717) is 35.5 Å². The monoisotopic (exact) mass is 334 g/mol. The van der Waals surface area contributed by atoms with Crippen molar-refractivity contribution in [3.8, 4) is 11.5 Å². The Morgan fingerprint density at radius 3 is 2.83 bits per heavy atom. The first-order valence-corrected chi connectivity index (χ1v) is 8.79. The van der Waals surface area contributed by atoms with Crippen LogP contribution >= 0.6 is 0 Å². The summed E-state index contributed by atoms with van der Waals surface area (Å²) in [5.74, 6) is 2.35. The number of piperidine rings is 1. The number of carbonyl (C=O) groups is 1. The highest BCUT2D eigenvalue weighted by molar-refractivity contribution is 5.95. The van der Waals surface area contributed by atoms with Crippen LogP contribution in [-0.2, 0) is 0 Å². The Hall–Kier alpha value is -1.75. The molecule has 1 atom stereocenters. The number of ether oxygens (including phenoxy) is 2. The molecule has 1 aliphatic rings. The van der Waals surface area contributed by atoms with E-state index in [1.54, 1.807) is 13.2 Å². The fourth-order valence-electron chi connectivity index (χ4n) is 3.06. The lowest BCUT2D eigenvalue weighted by atomic mass is 9.97. The van der Waals surface area contributed by atoms with Crippen LogP contribution in [0.25, 0.3) is 0 Å². The van der Waals surface area contributed by atoms with Gasteiger partial charge in [-0.2, -0.15) is 0 Å². The zero-order valence-electron chi connectivity index (χ0n) is 15.3. The maximum atomic E-state index is 12.8. The molecule has 134 valence electrons. The van der Waals surface area contributed by atoms with Crippen molar-refractivity contribution in [3.63, 3.8) is 0 Å². The van der Waals surface area contributed by atoms with E-state index in [-0.39, 0.29) is 5.91 Å². The molecule has 1 heterocycles. The zero-order chi connectivity index (χ0) is 17.5. The first kappa shape index (κ1) is 18.6. The number of likely N-dealkylation sites (tertiary alicyclic amines) is 1. The highest BCUT2D eigenvalue weighted by Gasteiger charge is 2.24. The Bertz CT molecular complexity index is 543. The minimum absolute atomic E-state index is 0.0736. The summed E-state index contributed by atoms with van der Waals surface area (Å²) in [6.07, 6.45) is 2.24. The molecular formula is C19H30N2O3. The first-order chi connectivity index (χ1) is 11.5. The molecule has 1 aromatic carbocycles. The largest absolute Gasteiger partial charge is 0.493 e. The van der Waals surface area contributed by atoms with Gasteiger partial charge in [-0.1, -0.05) is 13.8 Å². The van der Waals surface area contributed by atoms with Gasteiger partial charge in [0.1, 0.15) is 0 Å². The lowest BCUT2D eigenvalue weighted by Crippen LogP contribution is -2.42. The third-order valence-electron chi connectivity index (χ3n) is 4.28. The lowest BCUT2D eigenvalue weighted by Gasteiger charge is -2.33. The lowest BCUT2D eigenvalue weighted by molar-refractivity contribution is 0.0674. The number of benzene rings is 1. The van der Waals surface area contributed by atoms with Crippen molar-refractivity contribution in [2.45, 2.75) is 26.7 Å². The van der Waals surface area contributed by atoms with Crippen molar-refractivity contribution in [2.75, 3.05) is 40.4 Å². The predicted octanol–water partition coefficient (Wildman–Crippen LogP) is 2.80. The number of methoxy groups -OCH3 is 1. The van der Waals surface area contributed by atoms with Gasteiger partial charge in [-0.3, -0.25) is 4.79 Å². The molecule has 24 heavy (non-hydrogen) atoms. The van der Waals surface area contributed by atoms with Crippen molar-refractivity contribution in [1.29, 1.82) is 0 Å². The average Bonchev–Trinajstić information content (AvgIpc) is 2.59. The van der Waals surface area contributed by atoms with Crippen LogP contribution in [0, 0.1) is 11.8 Å². The molecule has 0 bridgehead atoms. The molecule has 1 fully saturated rings. The van der Waals surface area contributed by atoms with E-state index in [2.05, 4.69) is 19.2 Å². The Balaban J connectivity index is 2.08. The van der Waals surface area contributed by atoms with Crippen LogP contribution in [0.3, 0.4) is 0 Å². The van der Waals surface area contributed by atoms with Gasteiger partial charge in [0.25, 0.3) is 5.91 Å². The topological polar surface area (TPSA) is 50.8 Å². The van der Waals surface area contributed by atoms with Gasteiger partial charge in [0.05, 0.1) is 13.7 Å². The van der Waals surface area contributed by atoms with Crippen LogP contribution in [0.1, 0.15) is 37.0 Å². The third-order valence-corrected chi connectivity index (χ3v) is 4.28. The van der Waals surface area contributed by atoms with Crippen molar-refractivity contribution >= 4 is 5.91 Å². The standard InChI is InChI=1S/C19H30N2O3/c1-14(2)13-24-17-8-7-16(10-18(17)23-4)19(22)21-9-5-6-15(12-21)11-20-3/h7-8,10,14-15,20H,5-6,9,11-13H2,1-4H3. The number of carbonyl (C=O) groups excluding carboxylic acids is 1. The number of nitrogens with zero attached hydrogens (tertiary/aromatic N) is 1. The van der Waals surface area contributed by atoms with Crippen LogP contribution < -0.4 is 14.8 Å². The predicted molar refractivity (Wildman–Crippen MR) is 95.9 cm³/mol. The van der Waals surface area contributed by atoms with Crippen LogP contribution in [-0.4, -0.2) is 51.2 Å². The second kappa shape index (κ2) is 8.92. The SMILES string of the molecule is CNCC1CCCN(C(=O)c2ccc(OCC(C)C)c(OC)c2)C1. The smallest absolute Gasteiger partial charge is 0.254 e. The fourth-order valence-corrected chi connectivity index (χ4v) is 3.06.